The molecule has 0 N–H and O–H groups in total. The predicted octanol–water partition coefficient (Wildman–Crippen LogP) is -2.91. The minimum atomic E-state index is -1.12. The number of carboxylic acids is 1. The molecule has 0 aliphatic heterocycles. The first-order valence-corrected chi connectivity index (χ1v) is 4.10. The number of ether oxygens (including phenoxy) is 1. The van der Waals surface area contributed by atoms with Crippen LogP contribution in [0.4, 0.5) is 0 Å². The van der Waals surface area contributed by atoms with Crippen LogP contribution in [0, 0.1) is 0 Å². The van der Waals surface area contributed by atoms with Gasteiger partial charge >= 0.3 is 29.6 Å². The Morgan fingerprint density at radius 3 is 2.42 bits per heavy atom. The summed E-state index contributed by atoms with van der Waals surface area (Å²) in [6.45, 7) is -0.245. The summed E-state index contributed by atoms with van der Waals surface area (Å²) in [6.07, 6.45) is 5.77. The van der Waals surface area contributed by atoms with Gasteiger partial charge in [-0.15, -0.1) is 0 Å². The Bertz CT molecular complexity index is 132. The van der Waals surface area contributed by atoms with Crippen LogP contribution in [-0.4, -0.2) is 18.7 Å². The number of carboxylic acid groups (broad SMARTS) is 1. The number of aliphatic carboxylic acids is 1. The maximum Gasteiger partial charge on any atom is 1.00 e. The van der Waals surface area contributed by atoms with Gasteiger partial charge in [0.05, 0.1) is 18.7 Å². The molecule has 0 unspecified atom stereocenters. The molecular formula is C8H13NaO3. The molecule has 4 heteroatoms. The molecule has 0 amide bonds. The second-order valence-corrected chi connectivity index (χ2v) is 2.94. The van der Waals surface area contributed by atoms with Crippen molar-refractivity contribution in [3.63, 3.8) is 0 Å². The van der Waals surface area contributed by atoms with Crippen molar-refractivity contribution in [3.05, 3.63) is 0 Å². The normalized spacial score (nSPS) is 18.3. The summed E-state index contributed by atoms with van der Waals surface area (Å²) in [5.74, 6) is -1.12. The van der Waals surface area contributed by atoms with Gasteiger partial charge in [0.15, 0.2) is 0 Å². The van der Waals surface area contributed by atoms with Crippen LogP contribution < -0.4 is 34.7 Å². The first kappa shape index (κ1) is 12.4. The van der Waals surface area contributed by atoms with Crippen LogP contribution in [0.3, 0.4) is 0 Å². The van der Waals surface area contributed by atoms with E-state index >= 15 is 0 Å². The van der Waals surface area contributed by atoms with Crippen molar-refractivity contribution in [2.45, 2.75) is 38.2 Å². The van der Waals surface area contributed by atoms with Crippen molar-refractivity contribution < 1.29 is 44.2 Å². The number of carbonyl (C=O) groups excluding carboxylic acids is 1. The van der Waals surface area contributed by atoms with Crippen LogP contribution in [0.5, 0.6) is 0 Å². The summed E-state index contributed by atoms with van der Waals surface area (Å²) in [5.41, 5.74) is 0. The van der Waals surface area contributed by atoms with E-state index in [1.165, 1.54) is 6.42 Å². The largest absolute Gasteiger partial charge is 1.00 e. The number of rotatable bonds is 3. The average Bonchev–Trinajstić information content (AvgIpc) is 2.03. The summed E-state index contributed by atoms with van der Waals surface area (Å²) >= 11 is 0. The molecule has 1 rings (SSSR count). The Kier molecular flexibility index (Phi) is 7.14. The van der Waals surface area contributed by atoms with Gasteiger partial charge in [-0.05, 0) is 12.8 Å². The topological polar surface area (TPSA) is 49.4 Å². The van der Waals surface area contributed by atoms with Gasteiger partial charge in [-0.25, -0.2) is 0 Å². The molecule has 1 aliphatic carbocycles. The molecule has 3 nitrogen and oxygen atoms in total. The molecular weight excluding hydrogens is 167 g/mol. The molecule has 12 heavy (non-hydrogen) atoms. The summed E-state index contributed by atoms with van der Waals surface area (Å²) in [5, 5.41) is 10.0. The van der Waals surface area contributed by atoms with Gasteiger partial charge in [0.1, 0.15) is 0 Å². The third-order valence-corrected chi connectivity index (χ3v) is 1.99. The van der Waals surface area contributed by atoms with Crippen LogP contribution in [0.15, 0.2) is 0 Å². The van der Waals surface area contributed by atoms with E-state index in [0.717, 1.165) is 25.7 Å². The van der Waals surface area contributed by atoms with Gasteiger partial charge in [-0.3, -0.25) is 0 Å². The monoisotopic (exact) mass is 180 g/mol. The number of hydrogen-bond donors (Lipinski definition) is 0. The van der Waals surface area contributed by atoms with Crippen molar-refractivity contribution in [2.24, 2.45) is 0 Å². The number of carbonyl (C=O) groups is 1. The minimum Gasteiger partial charge on any atom is -0.548 e. The quantitative estimate of drug-likeness (QED) is 0.437. The van der Waals surface area contributed by atoms with Crippen LogP contribution in [0.25, 0.3) is 0 Å². The van der Waals surface area contributed by atoms with E-state index in [0.29, 0.717) is 0 Å². The molecule has 0 atom stereocenters. The number of hydrogen-bond acceptors (Lipinski definition) is 3. The van der Waals surface area contributed by atoms with E-state index in [2.05, 4.69) is 0 Å². The Morgan fingerprint density at radius 2 is 1.92 bits per heavy atom. The zero-order valence-electron chi connectivity index (χ0n) is 7.54. The third kappa shape index (κ3) is 5.14. The van der Waals surface area contributed by atoms with Gasteiger partial charge in [0.2, 0.25) is 0 Å². The third-order valence-electron chi connectivity index (χ3n) is 1.99. The molecule has 1 saturated carbocycles. The molecule has 0 heterocycles. The van der Waals surface area contributed by atoms with Gasteiger partial charge in [-0.1, -0.05) is 19.3 Å². The van der Waals surface area contributed by atoms with Crippen LogP contribution in [-0.2, 0) is 9.53 Å². The van der Waals surface area contributed by atoms with Crippen molar-refractivity contribution in [1.29, 1.82) is 0 Å². The minimum absolute atomic E-state index is 0. The predicted molar refractivity (Wildman–Crippen MR) is 37.8 cm³/mol. The van der Waals surface area contributed by atoms with Crippen molar-refractivity contribution in [2.75, 3.05) is 6.61 Å². The van der Waals surface area contributed by atoms with Gasteiger partial charge in [-0.2, -0.15) is 0 Å². The fourth-order valence-corrected chi connectivity index (χ4v) is 1.42. The van der Waals surface area contributed by atoms with E-state index in [4.69, 9.17) is 4.74 Å². The fraction of sp³-hybridized carbons (Fsp3) is 0.875. The molecule has 0 saturated heterocycles. The van der Waals surface area contributed by atoms with Gasteiger partial charge in [0, 0.05) is 0 Å². The molecule has 0 spiro atoms. The van der Waals surface area contributed by atoms with Crippen molar-refractivity contribution in [1.82, 2.24) is 0 Å². The zero-order chi connectivity index (χ0) is 8.10. The molecule has 0 aromatic heterocycles. The molecule has 1 aliphatic rings. The van der Waals surface area contributed by atoms with Crippen molar-refractivity contribution >= 4 is 5.97 Å². The SMILES string of the molecule is O=C([O-])COC1CCCCC1.[Na+]. The van der Waals surface area contributed by atoms with E-state index < -0.39 is 5.97 Å². The fourth-order valence-electron chi connectivity index (χ4n) is 1.42. The molecule has 1 fully saturated rings. The molecule has 0 radical (unpaired) electrons. The first-order chi connectivity index (χ1) is 5.29. The standard InChI is InChI=1S/C8H14O3.Na/c9-8(10)6-11-7-4-2-1-3-5-7;/h7H,1-6H2,(H,9,10);/q;+1/p-1. The summed E-state index contributed by atoms with van der Waals surface area (Å²) < 4.78 is 5.08. The zero-order valence-corrected chi connectivity index (χ0v) is 9.54. The van der Waals surface area contributed by atoms with Crippen LogP contribution >= 0.6 is 0 Å². The first-order valence-electron chi connectivity index (χ1n) is 4.10. The van der Waals surface area contributed by atoms with Crippen molar-refractivity contribution in [3.8, 4) is 0 Å². The molecule has 0 aromatic carbocycles. The smallest absolute Gasteiger partial charge is 0.548 e. The average molecular weight is 180 g/mol. The summed E-state index contributed by atoms with van der Waals surface area (Å²) in [7, 11) is 0. The summed E-state index contributed by atoms with van der Waals surface area (Å²) in [4.78, 5) is 10.0. The second kappa shape index (κ2) is 6.89. The van der Waals surface area contributed by atoms with Gasteiger partial charge < -0.3 is 14.6 Å². The van der Waals surface area contributed by atoms with Crippen LogP contribution in [0.2, 0.25) is 0 Å². The van der Waals surface area contributed by atoms with Crippen LogP contribution in [0.1, 0.15) is 32.1 Å². The second-order valence-electron chi connectivity index (χ2n) is 2.94. The van der Waals surface area contributed by atoms with E-state index in [1.54, 1.807) is 0 Å². The van der Waals surface area contributed by atoms with Gasteiger partial charge in [0.25, 0.3) is 0 Å². The molecule has 64 valence electrons. The Morgan fingerprint density at radius 1 is 1.33 bits per heavy atom. The van der Waals surface area contributed by atoms with E-state index in [-0.39, 0.29) is 42.3 Å². The van der Waals surface area contributed by atoms with E-state index in [1.807, 2.05) is 0 Å². The molecule has 0 bridgehead atoms. The Balaban J connectivity index is 0.00000121. The maximum absolute atomic E-state index is 10.0. The van der Waals surface area contributed by atoms with E-state index in [9.17, 15) is 9.90 Å². The summed E-state index contributed by atoms with van der Waals surface area (Å²) in [6, 6.07) is 0. The maximum atomic E-state index is 10.0. The Labute approximate surface area is 94.8 Å². The molecule has 0 aromatic rings. The Hall–Kier alpha value is 0.430.